The van der Waals surface area contributed by atoms with E-state index < -0.39 is 5.79 Å². The zero-order chi connectivity index (χ0) is 17.2. The maximum absolute atomic E-state index is 12.6. The van der Waals surface area contributed by atoms with Gasteiger partial charge in [0.05, 0.1) is 13.2 Å². The van der Waals surface area contributed by atoms with Gasteiger partial charge < -0.3 is 19.3 Å². The quantitative estimate of drug-likeness (QED) is 0.785. The largest absolute Gasteiger partial charge is 0.347 e. The van der Waals surface area contributed by atoms with Gasteiger partial charge >= 0.3 is 0 Å². The zero-order valence-electron chi connectivity index (χ0n) is 13.7. The molecule has 2 amide bonds. The number of amides is 2. The van der Waals surface area contributed by atoms with Gasteiger partial charge in [-0.25, -0.2) is 0 Å². The van der Waals surface area contributed by atoms with Gasteiger partial charge in [0.2, 0.25) is 11.8 Å². The molecule has 3 rings (SSSR count). The lowest BCUT2D eigenvalue weighted by Gasteiger charge is -2.38. The molecule has 1 aromatic rings. The zero-order valence-corrected chi connectivity index (χ0v) is 15.3. The number of hydrogen-bond acceptors (Lipinski definition) is 4. The van der Waals surface area contributed by atoms with Gasteiger partial charge in [-0.15, -0.1) is 0 Å². The molecule has 7 heteroatoms. The predicted octanol–water partition coefficient (Wildman–Crippen LogP) is 2.17. The summed E-state index contributed by atoms with van der Waals surface area (Å²) in [4.78, 5) is 27.9. The summed E-state index contributed by atoms with van der Waals surface area (Å²) in [5, 5.41) is 0. The fourth-order valence-electron chi connectivity index (χ4n) is 3.15. The second-order valence-electron chi connectivity index (χ2n) is 6.07. The molecule has 0 N–H and O–H groups in total. The van der Waals surface area contributed by atoms with Gasteiger partial charge in [0.1, 0.15) is 6.54 Å². The first kappa shape index (κ1) is 17.4. The Balaban J connectivity index is 1.63. The summed E-state index contributed by atoms with van der Waals surface area (Å²) in [6.45, 7) is 3.93. The number of hydrogen-bond donors (Lipinski definition) is 0. The fourth-order valence-corrected chi connectivity index (χ4v) is 3.53. The highest BCUT2D eigenvalue weighted by atomic mass is 79.9. The summed E-state index contributed by atoms with van der Waals surface area (Å²) < 4.78 is 12.2. The van der Waals surface area contributed by atoms with E-state index in [4.69, 9.17) is 9.47 Å². The van der Waals surface area contributed by atoms with Crippen LogP contribution in [0.5, 0.6) is 0 Å². The summed E-state index contributed by atoms with van der Waals surface area (Å²) in [5.74, 6) is -0.711. The van der Waals surface area contributed by atoms with Crippen LogP contribution in [0.4, 0.5) is 5.69 Å². The number of nitrogens with zero attached hydrogens (tertiary/aromatic N) is 2. The van der Waals surface area contributed by atoms with Crippen LogP contribution < -0.4 is 4.90 Å². The van der Waals surface area contributed by atoms with Crippen LogP contribution in [0.15, 0.2) is 28.7 Å². The fraction of sp³-hybridized carbons (Fsp3) is 0.529. The highest BCUT2D eigenvalue weighted by molar-refractivity contribution is 9.10. The first-order chi connectivity index (χ1) is 11.5. The first-order valence-corrected chi connectivity index (χ1v) is 8.88. The van der Waals surface area contributed by atoms with Gasteiger partial charge in [-0.05, 0) is 18.2 Å². The van der Waals surface area contributed by atoms with E-state index in [0.29, 0.717) is 44.8 Å². The number of carbonyl (C=O) groups excluding carboxylic acids is 2. The lowest BCUT2D eigenvalue weighted by Crippen LogP contribution is -2.50. The maximum atomic E-state index is 12.6. The molecule has 6 nitrogen and oxygen atoms in total. The van der Waals surface area contributed by atoms with E-state index in [0.717, 1.165) is 4.47 Å². The van der Waals surface area contributed by atoms with Crippen molar-refractivity contribution in [2.24, 2.45) is 0 Å². The smallest absolute Gasteiger partial charge is 0.242 e. The minimum Gasteiger partial charge on any atom is -0.347 e. The highest BCUT2D eigenvalue weighted by Crippen LogP contribution is 2.31. The molecule has 0 aliphatic carbocycles. The van der Waals surface area contributed by atoms with Crippen molar-refractivity contribution < 1.29 is 19.1 Å². The van der Waals surface area contributed by atoms with Crippen LogP contribution in [0.1, 0.15) is 19.8 Å². The van der Waals surface area contributed by atoms with Crippen LogP contribution in [-0.2, 0) is 19.1 Å². The standard InChI is InChI=1S/C17H21BrN2O4/c1-13(21)20(15-4-2-3-14(18)11-15)12-16(22)19-7-5-17(6-8-19)23-9-10-24-17/h2-4,11H,5-10,12H2,1H3. The molecular formula is C17H21BrN2O4. The Morgan fingerprint density at radius 1 is 1.25 bits per heavy atom. The summed E-state index contributed by atoms with van der Waals surface area (Å²) in [5.41, 5.74) is 0.709. The minimum absolute atomic E-state index is 0.0422. The van der Waals surface area contributed by atoms with E-state index in [1.807, 2.05) is 24.3 Å². The number of rotatable bonds is 3. The van der Waals surface area contributed by atoms with Crippen molar-refractivity contribution in [1.82, 2.24) is 4.90 Å². The third-order valence-electron chi connectivity index (χ3n) is 4.48. The predicted molar refractivity (Wildman–Crippen MR) is 92.6 cm³/mol. The maximum Gasteiger partial charge on any atom is 0.242 e. The van der Waals surface area contributed by atoms with E-state index in [2.05, 4.69) is 15.9 Å². The molecule has 2 fully saturated rings. The molecule has 2 saturated heterocycles. The van der Waals surface area contributed by atoms with Crippen molar-refractivity contribution >= 4 is 33.4 Å². The topological polar surface area (TPSA) is 59.1 Å². The molecule has 0 saturated carbocycles. The molecule has 2 aliphatic heterocycles. The number of benzene rings is 1. The lowest BCUT2D eigenvalue weighted by atomic mass is 10.0. The van der Waals surface area contributed by atoms with Crippen LogP contribution in [0.25, 0.3) is 0 Å². The van der Waals surface area contributed by atoms with Crippen LogP contribution in [0, 0.1) is 0 Å². The third-order valence-corrected chi connectivity index (χ3v) is 4.98. The Morgan fingerprint density at radius 3 is 2.50 bits per heavy atom. The van der Waals surface area contributed by atoms with E-state index in [1.165, 1.54) is 11.8 Å². The molecular weight excluding hydrogens is 376 g/mol. The number of carbonyl (C=O) groups is 2. The van der Waals surface area contributed by atoms with Gasteiger partial charge in [0, 0.05) is 43.0 Å². The summed E-state index contributed by atoms with van der Waals surface area (Å²) in [6.07, 6.45) is 1.35. The second kappa shape index (κ2) is 7.21. The molecule has 1 aromatic carbocycles. The monoisotopic (exact) mass is 396 g/mol. The SMILES string of the molecule is CC(=O)N(CC(=O)N1CCC2(CC1)OCCO2)c1cccc(Br)c1. The molecule has 2 heterocycles. The van der Waals surface area contributed by atoms with Crippen molar-refractivity contribution in [1.29, 1.82) is 0 Å². The van der Waals surface area contributed by atoms with Crippen LogP contribution in [0.3, 0.4) is 0 Å². The first-order valence-electron chi connectivity index (χ1n) is 8.08. The number of halogens is 1. The molecule has 0 aromatic heterocycles. The molecule has 1 spiro atoms. The number of anilines is 1. The normalized spacial score (nSPS) is 19.5. The van der Waals surface area contributed by atoms with E-state index in [9.17, 15) is 9.59 Å². The third kappa shape index (κ3) is 3.79. The molecule has 0 radical (unpaired) electrons. The Kier molecular flexibility index (Phi) is 5.22. The number of ether oxygens (including phenoxy) is 2. The average Bonchev–Trinajstić information content (AvgIpc) is 3.01. The van der Waals surface area contributed by atoms with Crippen molar-refractivity contribution in [2.75, 3.05) is 37.7 Å². The average molecular weight is 397 g/mol. The van der Waals surface area contributed by atoms with Gasteiger partial charge in [-0.2, -0.15) is 0 Å². The van der Waals surface area contributed by atoms with Gasteiger partial charge in [-0.3, -0.25) is 9.59 Å². The Bertz CT molecular complexity index is 621. The molecule has 0 bridgehead atoms. The second-order valence-corrected chi connectivity index (χ2v) is 6.99. The summed E-state index contributed by atoms with van der Waals surface area (Å²) in [6, 6.07) is 7.39. The van der Waals surface area contributed by atoms with Crippen molar-refractivity contribution in [3.63, 3.8) is 0 Å². The molecule has 130 valence electrons. The molecule has 24 heavy (non-hydrogen) atoms. The van der Waals surface area contributed by atoms with Gasteiger partial charge in [0.15, 0.2) is 5.79 Å². The molecule has 0 unspecified atom stereocenters. The van der Waals surface area contributed by atoms with Crippen LogP contribution >= 0.6 is 15.9 Å². The number of piperidine rings is 1. The summed E-state index contributed by atoms with van der Waals surface area (Å²) in [7, 11) is 0. The Morgan fingerprint density at radius 2 is 1.92 bits per heavy atom. The Labute approximate surface area is 149 Å². The van der Waals surface area contributed by atoms with Crippen LogP contribution in [0.2, 0.25) is 0 Å². The van der Waals surface area contributed by atoms with Crippen molar-refractivity contribution in [3.05, 3.63) is 28.7 Å². The summed E-state index contributed by atoms with van der Waals surface area (Å²) >= 11 is 3.40. The number of likely N-dealkylation sites (tertiary alicyclic amines) is 1. The van der Waals surface area contributed by atoms with Crippen LogP contribution in [-0.4, -0.2) is 55.3 Å². The van der Waals surface area contributed by atoms with E-state index in [-0.39, 0.29) is 18.4 Å². The molecule has 0 atom stereocenters. The van der Waals surface area contributed by atoms with Crippen molar-refractivity contribution in [2.45, 2.75) is 25.6 Å². The Hall–Kier alpha value is -1.44. The lowest BCUT2D eigenvalue weighted by molar-refractivity contribution is -0.187. The van der Waals surface area contributed by atoms with Gasteiger partial charge in [0.25, 0.3) is 0 Å². The van der Waals surface area contributed by atoms with E-state index in [1.54, 1.807) is 4.90 Å². The van der Waals surface area contributed by atoms with Gasteiger partial charge in [-0.1, -0.05) is 22.0 Å². The minimum atomic E-state index is -0.499. The van der Waals surface area contributed by atoms with Crippen molar-refractivity contribution in [3.8, 4) is 0 Å². The highest BCUT2D eigenvalue weighted by Gasteiger charge is 2.40. The molecule has 2 aliphatic rings. The van der Waals surface area contributed by atoms with E-state index >= 15 is 0 Å².